The predicted molar refractivity (Wildman–Crippen MR) is 96.8 cm³/mol. The van der Waals surface area contributed by atoms with Crippen LogP contribution in [0.2, 0.25) is 0 Å². The molecule has 3 rings (SSSR count). The average molecular weight is 388 g/mol. The lowest BCUT2D eigenvalue weighted by molar-refractivity contribution is -0.123. The van der Waals surface area contributed by atoms with E-state index in [1.165, 1.54) is 4.90 Å². The summed E-state index contributed by atoms with van der Waals surface area (Å²) in [5, 5.41) is -0.225. The fourth-order valence-corrected chi connectivity index (χ4v) is 3.56. The molecule has 0 spiro atoms. The Labute approximate surface area is 147 Å². The van der Waals surface area contributed by atoms with Crippen LogP contribution in [0.5, 0.6) is 0 Å². The first kappa shape index (κ1) is 16.0. The first-order chi connectivity index (χ1) is 11.1. The van der Waals surface area contributed by atoms with E-state index in [9.17, 15) is 9.59 Å². The summed E-state index contributed by atoms with van der Waals surface area (Å²) in [6.07, 6.45) is 1.76. The molecule has 1 aliphatic rings. The van der Waals surface area contributed by atoms with E-state index in [1.807, 2.05) is 55.5 Å². The summed E-state index contributed by atoms with van der Waals surface area (Å²) in [5.41, 5.74) is 2.94. The Balaban J connectivity index is 1.86. The van der Waals surface area contributed by atoms with Gasteiger partial charge < -0.3 is 0 Å². The number of benzene rings is 2. The molecule has 1 saturated heterocycles. The lowest BCUT2D eigenvalue weighted by Gasteiger charge is -2.14. The number of halogens is 1. The first-order valence-electron chi connectivity index (χ1n) is 7.10. The number of carbonyl (C=O) groups is 2. The van der Waals surface area contributed by atoms with Crippen molar-refractivity contribution in [1.29, 1.82) is 0 Å². The van der Waals surface area contributed by atoms with Crippen molar-refractivity contribution in [2.45, 2.75) is 13.5 Å². The Morgan fingerprint density at radius 3 is 2.52 bits per heavy atom. The van der Waals surface area contributed by atoms with Gasteiger partial charge >= 0.3 is 0 Å². The number of hydrogen-bond donors (Lipinski definition) is 0. The van der Waals surface area contributed by atoms with Gasteiger partial charge in [-0.25, -0.2) is 0 Å². The SMILES string of the molecule is Cc1ccccc1CN1C(=O)S/C(=C\c2ccccc2Br)C1=O. The monoisotopic (exact) mass is 387 g/mol. The fraction of sp³-hybridized carbons (Fsp3) is 0.111. The smallest absolute Gasteiger partial charge is 0.268 e. The standard InChI is InChI=1S/C18H14BrNO2S/c1-12-6-2-3-8-14(12)11-20-17(21)16(23-18(20)22)10-13-7-4-5-9-15(13)19/h2-10H,11H2,1H3/b16-10-. The van der Waals surface area contributed by atoms with E-state index in [-0.39, 0.29) is 11.1 Å². The quantitative estimate of drug-likeness (QED) is 0.695. The highest BCUT2D eigenvalue weighted by Gasteiger charge is 2.35. The van der Waals surface area contributed by atoms with Gasteiger partial charge in [-0.1, -0.05) is 58.4 Å². The third kappa shape index (κ3) is 3.41. The van der Waals surface area contributed by atoms with E-state index in [0.29, 0.717) is 11.4 Å². The zero-order valence-corrected chi connectivity index (χ0v) is 14.9. The average Bonchev–Trinajstić information content (AvgIpc) is 2.79. The Hall–Kier alpha value is -1.85. The van der Waals surface area contributed by atoms with Crippen molar-refractivity contribution in [3.63, 3.8) is 0 Å². The molecule has 5 heteroatoms. The molecule has 0 N–H and O–H groups in total. The maximum atomic E-state index is 12.5. The van der Waals surface area contributed by atoms with E-state index in [4.69, 9.17) is 0 Å². The summed E-state index contributed by atoms with van der Waals surface area (Å²) in [4.78, 5) is 26.5. The van der Waals surface area contributed by atoms with Crippen LogP contribution in [0.3, 0.4) is 0 Å². The van der Waals surface area contributed by atoms with Crippen LogP contribution < -0.4 is 0 Å². The van der Waals surface area contributed by atoms with Crippen molar-refractivity contribution in [1.82, 2.24) is 4.90 Å². The number of carbonyl (C=O) groups excluding carboxylic acids is 2. The molecule has 0 aromatic heterocycles. The van der Waals surface area contributed by atoms with Crippen LogP contribution in [-0.4, -0.2) is 16.0 Å². The molecule has 1 heterocycles. The van der Waals surface area contributed by atoms with Gasteiger partial charge in [0.1, 0.15) is 0 Å². The summed E-state index contributed by atoms with van der Waals surface area (Å²) in [6.45, 7) is 2.29. The second-order valence-electron chi connectivity index (χ2n) is 5.22. The molecule has 0 unspecified atom stereocenters. The molecular formula is C18H14BrNO2S. The largest absolute Gasteiger partial charge is 0.293 e. The van der Waals surface area contributed by atoms with Crippen molar-refractivity contribution >= 4 is 44.9 Å². The van der Waals surface area contributed by atoms with Crippen molar-refractivity contribution in [2.75, 3.05) is 0 Å². The zero-order valence-electron chi connectivity index (χ0n) is 12.5. The van der Waals surface area contributed by atoms with Gasteiger partial charge in [0.25, 0.3) is 11.1 Å². The highest BCUT2D eigenvalue weighted by molar-refractivity contribution is 9.10. The fourth-order valence-electron chi connectivity index (χ4n) is 2.33. The zero-order chi connectivity index (χ0) is 16.4. The van der Waals surface area contributed by atoms with Gasteiger partial charge in [-0.3, -0.25) is 14.5 Å². The van der Waals surface area contributed by atoms with Crippen LogP contribution in [-0.2, 0) is 11.3 Å². The molecule has 23 heavy (non-hydrogen) atoms. The lowest BCUT2D eigenvalue weighted by Crippen LogP contribution is -2.27. The lowest BCUT2D eigenvalue weighted by atomic mass is 10.1. The first-order valence-corrected chi connectivity index (χ1v) is 8.71. The maximum Gasteiger partial charge on any atom is 0.293 e. The maximum absolute atomic E-state index is 12.5. The van der Waals surface area contributed by atoms with Crippen LogP contribution in [0.15, 0.2) is 57.9 Å². The Morgan fingerprint density at radius 1 is 1.09 bits per heavy atom. The van der Waals surface area contributed by atoms with Gasteiger partial charge in [-0.2, -0.15) is 0 Å². The van der Waals surface area contributed by atoms with Crippen LogP contribution >= 0.6 is 27.7 Å². The van der Waals surface area contributed by atoms with Gasteiger partial charge in [0, 0.05) is 4.47 Å². The van der Waals surface area contributed by atoms with E-state index >= 15 is 0 Å². The van der Waals surface area contributed by atoms with Gasteiger partial charge in [-0.15, -0.1) is 0 Å². The molecule has 116 valence electrons. The van der Waals surface area contributed by atoms with Gasteiger partial charge in [0.2, 0.25) is 0 Å². The third-order valence-electron chi connectivity index (χ3n) is 3.66. The summed E-state index contributed by atoms with van der Waals surface area (Å²) >= 11 is 4.44. The Kier molecular flexibility index (Phi) is 4.68. The van der Waals surface area contributed by atoms with E-state index in [2.05, 4.69) is 15.9 Å². The van der Waals surface area contributed by atoms with Crippen LogP contribution in [0.25, 0.3) is 6.08 Å². The van der Waals surface area contributed by atoms with Crippen molar-refractivity contribution in [3.8, 4) is 0 Å². The number of nitrogens with zero attached hydrogens (tertiary/aromatic N) is 1. The molecule has 2 amide bonds. The van der Waals surface area contributed by atoms with Gasteiger partial charge in [0.15, 0.2) is 0 Å². The summed E-state index contributed by atoms with van der Waals surface area (Å²) in [7, 11) is 0. The van der Waals surface area contributed by atoms with Crippen LogP contribution in [0.1, 0.15) is 16.7 Å². The number of thioether (sulfide) groups is 1. The number of aryl methyl sites for hydroxylation is 1. The minimum atomic E-state index is -0.237. The number of hydrogen-bond acceptors (Lipinski definition) is 3. The Bertz CT molecular complexity index is 816. The van der Waals surface area contributed by atoms with E-state index in [0.717, 1.165) is 32.9 Å². The predicted octanol–water partition coefficient (Wildman–Crippen LogP) is 4.99. The second kappa shape index (κ2) is 6.72. The third-order valence-corrected chi connectivity index (χ3v) is 5.28. The molecule has 1 aliphatic heterocycles. The van der Waals surface area contributed by atoms with Crippen molar-refractivity contribution in [3.05, 3.63) is 74.6 Å². The molecule has 0 radical (unpaired) electrons. The van der Waals surface area contributed by atoms with E-state index < -0.39 is 0 Å². The minimum Gasteiger partial charge on any atom is -0.268 e. The van der Waals surface area contributed by atoms with Crippen LogP contribution in [0.4, 0.5) is 4.79 Å². The number of rotatable bonds is 3. The molecule has 2 aromatic rings. The van der Waals surface area contributed by atoms with Gasteiger partial charge in [0.05, 0.1) is 11.4 Å². The topological polar surface area (TPSA) is 37.4 Å². The molecular weight excluding hydrogens is 374 g/mol. The minimum absolute atomic E-state index is 0.225. The number of amides is 2. The second-order valence-corrected chi connectivity index (χ2v) is 7.06. The molecule has 1 fully saturated rings. The molecule has 0 saturated carbocycles. The summed E-state index contributed by atoms with van der Waals surface area (Å²) in [6, 6.07) is 15.4. The highest BCUT2D eigenvalue weighted by atomic mass is 79.9. The molecule has 2 aromatic carbocycles. The molecule has 0 aliphatic carbocycles. The van der Waals surface area contributed by atoms with Crippen molar-refractivity contribution in [2.24, 2.45) is 0 Å². The number of imide groups is 1. The summed E-state index contributed by atoms with van der Waals surface area (Å²) in [5.74, 6) is -0.237. The van der Waals surface area contributed by atoms with Gasteiger partial charge in [-0.05, 0) is 47.5 Å². The molecule has 3 nitrogen and oxygen atoms in total. The molecule has 0 bridgehead atoms. The van der Waals surface area contributed by atoms with Crippen molar-refractivity contribution < 1.29 is 9.59 Å². The Morgan fingerprint density at radius 2 is 1.78 bits per heavy atom. The highest BCUT2D eigenvalue weighted by Crippen LogP contribution is 2.34. The summed E-state index contributed by atoms with van der Waals surface area (Å²) < 4.78 is 0.894. The molecule has 0 atom stereocenters. The van der Waals surface area contributed by atoms with E-state index in [1.54, 1.807) is 6.08 Å². The van der Waals surface area contributed by atoms with Crippen LogP contribution in [0, 0.1) is 6.92 Å². The normalized spacial score (nSPS) is 16.4.